The molecular formula is C13H13O. The maximum atomic E-state index is 5.32. The number of benzene rings is 1. The monoisotopic (exact) mass is 185 g/mol. The van der Waals surface area contributed by atoms with Gasteiger partial charge in [-0.15, -0.1) is 0 Å². The Bertz CT molecular complexity index is 387. The second kappa shape index (κ2) is 4.14. The molecule has 0 aliphatic heterocycles. The third kappa shape index (κ3) is 1.87. The van der Waals surface area contributed by atoms with Crippen molar-refractivity contribution in [2.45, 2.75) is 12.8 Å². The zero-order valence-electron chi connectivity index (χ0n) is 8.07. The molecule has 0 atom stereocenters. The Morgan fingerprint density at radius 3 is 2.43 bits per heavy atom. The quantitative estimate of drug-likeness (QED) is 0.715. The number of hydrogen-bond donors (Lipinski definition) is 0. The Balaban J connectivity index is 2.24. The normalized spacial score (nSPS) is 10.4. The minimum Gasteiger partial charge on any atom is -0.469 e. The highest BCUT2D eigenvalue weighted by molar-refractivity contribution is 5.30. The Labute approximate surface area is 84.4 Å². The molecule has 0 unspecified atom stereocenters. The molecule has 2 rings (SSSR count). The van der Waals surface area contributed by atoms with E-state index in [0.717, 1.165) is 18.6 Å². The Morgan fingerprint density at radius 2 is 1.79 bits per heavy atom. The second-order valence-corrected chi connectivity index (χ2v) is 3.27. The molecule has 14 heavy (non-hydrogen) atoms. The molecule has 1 nitrogen and oxygen atoms in total. The molecule has 1 aromatic heterocycles. The van der Waals surface area contributed by atoms with E-state index in [1.807, 2.05) is 18.2 Å². The van der Waals surface area contributed by atoms with Crippen LogP contribution in [0.3, 0.4) is 0 Å². The van der Waals surface area contributed by atoms with Gasteiger partial charge in [-0.3, -0.25) is 0 Å². The molecule has 0 N–H and O–H groups in total. The maximum absolute atomic E-state index is 5.32. The predicted octanol–water partition coefficient (Wildman–Crippen LogP) is 3.25. The van der Waals surface area contributed by atoms with Gasteiger partial charge >= 0.3 is 0 Å². The zero-order chi connectivity index (χ0) is 9.80. The van der Waals surface area contributed by atoms with E-state index in [4.69, 9.17) is 4.42 Å². The van der Waals surface area contributed by atoms with Gasteiger partial charge in [-0.2, -0.15) is 0 Å². The van der Waals surface area contributed by atoms with Gasteiger partial charge in [0.25, 0.3) is 0 Å². The van der Waals surface area contributed by atoms with Crippen molar-refractivity contribution in [3.05, 3.63) is 66.5 Å². The van der Waals surface area contributed by atoms with Crippen molar-refractivity contribution in [2.24, 2.45) is 0 Å². The van der Waals surface area contributed by atoms with Crippen molar-refractivity contribution in [2.75, 3.05) is 0 Å². The predicted molar refractivity (Wildman–Crippen MR) is 57.0 cm³/mol. The van der Waals surface area contributed by atoms with Crippen molar-refractivity contribution in [3.63, 3.8) is 0 Å². The first-order chi connectivity index (χ1) is 6.90. The van der Waals surface area contributed by atoms with E-state index < -0.39 is 0 Å². The Hall–Kier alpha value is -1.50. The zero-order valence-corrected chi connectivity index (χ0v) is 8.07. The molecule has 0 aliphatic rings. The topological polar surface area (TPSA) is 13.1 Å². The van der Waals surface area contributed by atoms with Gasteiger partial charge in [0.1, 0.15) is 5.76 Å². The molecule has 0 bridgehead atoms. The first-order valence-electron chi connectivity index (χ1n) is 4.78. The van der Waals surface area contributed by atoms with Crippen molar-refractivity contribution in [1.82, 2.24) is 0 Å². The Morgan fingerprint density at radius 1 is 1.00 bits per heavy atom. The minimum absolute atomic E-state index is 0.830. The molecule has 1 radical (unpaired) electrons. The average Bonchev–Trinajstić information content (AvgIpc) is 2.71. The van der Waals surface area contributed by atoms with Crippen molar-refractivity contribution >= 4 is 0 Å². The molecule has 71 valence electrons. The third-order valence-corrected chi connectivity index (χ3v) is 2.33. The Kier molecular flexibility index (Phi) is 2.68. The third-order valence-electron chi connectivity index (χ3n) is 2.33. The van der Waals surface area contributed by atoms with E-state index >= 15 is 0 Å². The summed E-state index contributed by atoms with van der Waals surface area (Å²) in [6.45, 7) is 3.92. The van der Waals surface area contributed by atoms with E-state index in [1.165, 1.54) is 11.1 Å². The largest absolute Gasteiger partial charge is 0.469 e. The van der Waals surface area contributed by atoms with Crippen LogP contribution in [-0.2, 0) is 12.8 Å². The molecular weight excluding hydrogens is 172 g/mol. The average molecular weight is 185 g/mol. The summed E-state index contributed by atoms with van der Waals surface area (Å²) in [5.41, 5.74) is 2.60. The lowest BCUT2D eigenvalue weighted by molar-refractivity contribution is 0.520. The van der Waals surface area contributed by atoms with Crippen molar-refractivity contribution in [1.29, 1.82) is 0 Å². The molecule has 0 spiro atoms. The lowest BCUT2D eigenvalue weighted by Gasteiger charge is -2.04. The van der Waals surface area contributed by atoms with Crippen LogP contribution in [0.15, 0.2) is 47.1 Å². The summed E-state index contributed by atoms with van der Waals surface area (Å²) in [4.78, 5) is 0. The standard InChI is InChI=1S/C13H13O/c1-2-11-6-3-4-7-12(11)10-13-8-5-9-14-13/h3-9H,1-2,10H2. The van der Waals surface area contributed by atoms with Gasteiger partial charge in [0.15, 0.2) is 0 Å². The summed E-state index contributed by atoms with van der Waals surface area (Å²) in [5, 5.41) is 0. The van der Waals surface area contributed by atoms with Crippen LogP contribution >= 0.6 is 0 Å². The first-order valence-corrected chi connectivity index (χ1v) is 4.78. The molecule has 1 heterocycles. The summed E-state index contributed by atoms with van der Waals surface area (Å²) in [5.74, 6) is 1.01. The van der Waals surface area contributed by atoms with Crippen LogP contribution in [0, 0.1) is 6.92 Å². The molecule has 1 aromatic carbocycles. The van der Waals surface area contributed by atoms with Crippen LogP contribution in [0.4, 0.5) is 0 Å². The van der Waals surface area contributed by atoms with Crippen molar-refractivity contribution in [3.8, 4) is 0 Å². The number of hydrogen-bond acceptors (Lipinski definition) is 1. The van der Waals surface area contributed by atoms with Crippen molar-refractivity contribution < 1.29 is 4.42 Å². The van der Waals surface area contributed by atoms with E-state index in [-0.39, 0.29) is 0 Å². The fourth-order valence-electron chi connectivity index (χ4n) is 1.57. The van der Waals surface area contributed by atoms with Crippen LogP contribution in [-0.4, -0.2) is 0 Å². The highest BCUT2D eigenvalue weighted by atomic mass is 16.3. The second-order valence-electron chi connectivity index (χ2n) is 3.27. The van der Waals surface area contributed by atoms with Crippen LogP contribution in [0.1, 0.15) is 16.9 Å². The van der Waals surface area contributed by atoms with E-state index in [9.17, 15) is 0 Å². The van der Waals surface area contributed by atoms with E-state index in [2.05, 4.69) is 25.1 Å². The van der Waals surface area contributed by atoms with Crippen LogP contribution in [0.5, 0.6) is 0 Å². The van der Waals surface area contributed by atoms with Crippen LogP contribution in [0.2, 0.25) is 0 Å². The molecule has 0 aliphatic carbocycles. The molecule has 1 heteroatoms. The van der Waals surface area contributed by atoms with Gasteiger partial charge in [-0.1, -0.05) is 24.3 Å². The molecule has 0 saturated heterocycles. The highest BCUT2D eigenvalue weighted by Crippen LogP contribution is 2.14. The lowest BCUT2D eigenvalue weighted by atomic mass is 10.0. The van der Waals surface area contributed by atoms with Gasteiger partial charge in [0.05, 0.1) is 6.26 Å². The smallest absolute Gasteiger partial charge is 0.108 e. The SMILES string of the molecule is [CH2]Cc1ccccc1Cc1ccco1. The number of furan rings is 1. The maximum Gasteiger partial charge on any atom is 0.108 e. The lowest BCUT2D eigenvalue weighted by Crippen LogP contribution is -1.92. The fourth-order valence-corrected chi connectivity index (χ4v) is 1.57. The van der Waals surface area contributed by atoms with Gasteiger partial charge in [0.2, 0.25) is 0 Å². The van der Waals surface area contributed by atoms with E-state index in [0.29, 0.717) is 0 Å². The summed E-state index contributed by atoms with van der Waals surface area (Å²) < 4.78 is 5.32. The van der Waals surface area contributed by atoms with E-state index in [1.54, 1.807) is 6.26 Å². The minimum atomic E-state index is 0.830. The van der Waals surface area contributed by atoms with Gasteiger partial charge < -0.3 is 4.42 Å². The van der Waals surface area contributed by atoms with Crippen LogP contribution in [0.25, 0.3) is 0 Å². The van der Waals surface area contributed by atoms with Crippen LogP contribution < -0.4 is 0 Å². The molecule has 0 amide bonds. The highest BCUT2D eigenvalue weighted by Gasteiger charge is 2.02. The van der Waals surface area contributed by atoms with Gasteiger partial charge in [-0.25, -0.2) is 0 Å². The summed E-state index contributed by atoms with van der Waals surface area (Å²) in [6.07, 6.45) is 3.40. The summed E-state index contributed by atoms with van der Waals surface area (Å²) in [7, 11) is 0. The summed E-state index contributed by atoms with van der Waals surface area (Å²) in [6, 6.07) is 12.3. The van der Waals surface area contributed by atoms with Gasteiger partial charge in [-0.05, 0) is 36.6 Å². The molecule has 0 fully saturated rings. The first kappa shape index (κ1) is 9.07. The van der Waals surface area contributed by atoms with Gasteiger partial charge in [0, 0.05) is 6.42 Å². The fraction of sp³-hybridized carbons (Fsp3) is 0.154. The molecule has 2 aromatic rings. The summed E-state index contributed by atoms with van der Waals surface area (Å²) >= 11 is 0. The number of rotatable bonds is 3. The molecule has 0 saturated carbocycles.